The Labute approximate surface area is 187 Å². The van der Waals surface area contributed by atoms with Crippen molar-refractivity contribution in [2.45, 2.75) is 45.8 Å². The van der Waals surface area contributed by atoms with Gasteiger partial charge in [-0.3, -0.25) is 4.79 Å². The molecule has 1 saturated heterocycles. The van der Waals surface area contributed by atoms with Crippen LogP contribution in [-0.4, -0.2) is 42.8 Å². The van der Waals surface area contributed by atoms with Crippen molar-refractivity contribution in [2.75, 3.05) is 25.2 Å². The molecule has 0 aliphatic carbocycles. The summed E-state index contributed by atoms with van der Waals surface area (Å²) in [6.45, 7) is 6.09. The second kappa shape index (κ2) is 9.01. The molecule has 0 N–H and O–H groups in total. The number of hydrogen-bond donors (Lipinski definition) is 0. The molecule has 1 aromatic heterocycles. The minimum absolute atomic E-state index is 0.0901. The first-order valence-electron chi connectivity index (χ1n) is 10.9. The number of aromatic nitrogens is 1. The molecular weight excluding hydrogens is 406 g/mol. The monoisotopic (exact) mass is 433 g/mol. The molecule has 1 fully saturated rings. The average molecular weight is 434 g/mol. The smallest absolute Gasteiger partial charge is 0.337 e. The molecule has 0 saturated carbocycles. The van der Waals surface area contributed by atoms with E-state index >= 15 is 0 Å². The standard InChI is InChI=1S/C25H27N3O4/c1-16-11-20(17(2)28(16)15-22-5-4-10-32-22)13-21(14-26)24(29)27-9-8-18-12-19(25(30)31-3)6-7-23(18)27/h6-7,11-13,22H,4-5,8-10,15H2,1-3H3/b21-13+. The van der Waals surface area contributed by atoms with Crippen LogP contribution in [0.3, 0.4) is 0 Å². The number of anilines is 1. The van der Waals surface area contributed by atoms with Crippen molar-refractivity contribution in [3.05, 3.63) is 57.9 Å². The molecular formula is C25H27N3O4. The average Bonchev–Trinajstić information content (AvgIpc) is 3.52. The summed E-state index contributed by atoms with van der Waals surface area (Å²) in [6.07, 6.45) is 4.65. The lowest BCUT2D eigenvalue weighted by atomic mass is 10.1. The summed E-state index contributed by atoms with van der Waals surface area (Å²) in [5.74, 6) is -0.741. The summed E-state index contributed by atoms with van der Waals surface area (Å²) in [7, 11) is 1.34. The number of methoxy groups -OCH3 is 1. The van der Waals surface area contributed by atoms with Crippen LogP contribution in [0.25, 0.3) is 6.08 Å². The highest BCUT2D eigenvalue weighted by Gasteiger charge is 2.28. The highest BCUT2D eigenvalue weighted by atomic mass is 16.5. The number of rotatable bonds is 5. The summed E-state index contributed by atoms with van der Waals surface area (Å²) in [6, 6.07) is 9.24. The van der Waals surface area contributed by atoms with Crippen LogP contribution in [0, 0.1) is 25.2 Å². The van der Waals surface area contributed by atoms with Gasteiger partial charge in [-0.1, -0.05) is 0 Å². The predicted octanol–water partition coefficient (Wildman–Crippen LogP) is 3.57. The number of carbonyl (C=O) groups is 2. The molecule has 2 aliphatic rings. The Bertz CT molecular complexity index is 1130. The van der Waals surface area contributed by atoms with Crippen molar-refractivity contribution in [3.63, 3.8) is 0 Å². The van der Waals surface area contributed by atoms with Crippen molar-refractivity contribution in [1.29, 1.82) is 5.26 Å². The molecule has 0 spiro atoms. The summed E-state index contributed by atoms with van der Waals surface area (Å²) in [4.78, 5) is 26.6. The lowest BCUT2D eigenvalue weighted by Gasteiger charge is -2.17. The molecule has 2 aromatic rings. The third kappa shape index (κ3) is 4.06. The van der Waals surface area contributed by atoms with Crippen LogP contribution in [0.5, 0.6) is 0 Å². The first-order chi connectivity index (χ1) is 15.4. The van der Waals surface area contributed by atoms with Crippen LogP contribution in [0.4, 0.5) is 5.69 Å². The quantitative estimate of drug-likeness (QED) is 0.409. The van der Waals surface area contributed by atoms with Crippen molar-refractivity contribution in [3.8, 4) is 6.07 Å². The topological polar surface area (TPSA) is 84.6 Å². The number of fused-ring (bicyclic) bond motifs is 1. The van der Waals surface area contributed by atoms with E-state index in [9.17, 15) is 14.9 Å². The van der Waals surface area contributed by atoms with Gasteiger partial charge in [-0.2, -0.15) is 5.26 Å². The van der Waals surface area contributed by atoms with Gasteiger partial charge >= 0.3 is 5.97 Å². The van der Waals surface area contributed by atoms with E-state index in [0.717, 1.165) is 54.2 Å². The summed E-state index contributed by atoms with van der Waals surface area (Å²) in [5.41, 5.74) is 5.13. The maximum atomic E-state index is 13.2. The van der Waals surface area contributed by atoms with E-state index in [2.05, 4.69) is 10.6 Å². The van der Waals surface area contributed by atoms with Gasteiger partial charge in [-0.15, -0.1) is 0 Å². The molecule has 0 bridgehead atoms. The van der Waals surface area contributed by atoms with Crippen LogP contribution in [0.2, 0.25) is 0 Å². The van der Waals surface area contributed by atoms with Crippen molar-refractivity contribution < 1.29 is 19.1 Å². The fraction of sp³-hybridized carbons (Fsp3) is 0.400. The van der Waals surface area contributed by atoms with Crippen LogP contribution >= 0.6 is 0 Å². The third-order valence-corrected chi connectivity index (χ3v) is 6.31. The predicted molar refractivity (Wildman–Crippen MR) is 120 cm³/mol. The summed E-state index contributed by atoms with van der Waals surface area (Å²) >= 11 is 0. The first-order valence-corrected chi connectivity index (χ1v) is 10.9. The zero-order valence-electron chi connectivity index (χ0n) is 18.7. The summed E-state index contributed by atoms with van der Waals surface area (Å²) in [5, 5.41) is 9.76. The highest BCUT2D eigenvalue weighted by Crippen LogP contribution is 2.31. The van der Waals surface area contributed by atoms with Crippen molar-refractivity contribution >= 4 is 23.6 Å². The Kier molecular flexibility index (Phi) is 6.15. The minimum atomic E-state index is -0.409. The van der Waals surface area contributed by atoms with E-state index in [0.29, 0.717) is 18.5 Å². The van der Waals surface area contributed by atoms with Crippen molar-refractivity contribution in [1.82, 2.24) is 4.57 Å². The fourth-order valence-electron chi connectivity index (χ4n) is 4.55. The Morgan fingerprint density at radius 3 is 2.81 bits per heavy atom. The van der Waals surface area contributed by atoms with Gasteiger partial charge in [0, 0.05) is 36.8 Å². The molecule has 1 atom stereocenters. The zero-order valence-corrected chi connectivity index (χ0v) is 18.7. The SMILES string of the molecule is COC(=O)c1ccc2c(c1)CCN2C(=O)/C(C#N)=C/c1cc(C)n(CC2CCCO2)c1C. The zero-order chi connectivity index (χ0) is 22.8. The highest BCUT2D eigenvalue weighted by molar-refractivity contribution is 6.12. The van der Waals surface area contributed by atoms with E-state index in [1.807, 2.05) is 19.9 Å². The maximum absolute atomic E-state index is 13.2. The van der Waals surface area contributed by atoms with E-state index < -0.39 is 5.97 Å². The lowest BCUT2D eigenvalue weighted by Crippen LogP contribution is -2.29. The van der Waals surface area contributed by atoms with Gasteiger partial charge in [0.25, 0.3) is 5.91 Å². The fourth-order valence-corrected chi connectivity index (χ4v) is 4.55. The van der Waals surface area contributed by atoms with Gasteiger partial charge in [0.05, 0.1) is 18.8 Å². The van der Waals surface area contributed by atoms with Crippen LogP contribution in [-0.2, 0) is 27.2 Å². The Morgan fingerprint density at radius 1 is 1.31 bits per heavy atom. The molecule has 1 amide bonds. The minimum Gasteiger partial charge on any atom is -0.465 e. The molecule has 7 heteroatoms. The number of carbonyl (C=O) groups excluding carboxylic acids is 2. The van der Waals surface area contributed by atoms with Crippen LogP contribution < -0.4 is 4.90 Å². The number of nitrogens with zero attached hydrogens (tertiary/aromatic N) is 3. The van der Waals surface area contributed by atoms with Gasteiger partial charge in [-0.05, 0) is 74.6 Å². The second-order valence-corrected chi connectivity index (χ2v) is 8.28. The van der Waals surface area contributed by atoms with Gasteiger partial charge in [0.2, 0.25) is 0 Å². The Balaban J connectivity index is 1.58. The molecule has 4 rings (SSSR count). The molecule has 2 aliphatic heterocycles. The van der Waals surface area contributed by atoms with Crippen LogP contribution in [0.1, 0.15) is 45.7 Å². The molecule has 1 aromatic carbocycles. The van der Waals surface area contributed by atoms with E-state index in [1.165, 1.54) is 7.11 Å². The molecule has 166 valence electrons. The van der Waals surface area contributed by atoms with Crippen LogP contribution in [0.15, 0.2) is 29.8 Å². The number of nitriles is 1. The van der Waals surface area contributed by atoms with Gasteiger partial charge < -0.3 is 18.9 Å². The van der Waals surface area contributed by atoms with Gasteiger partial charge in [-0.25, -0.2) is 4.79 Å². The van der Waals surface area contributed by atoms with Gasteiger partial charge in [0.1, 0.15) is 11.6 Å². The van der Waals surface area contributed by atoms with Crippen molar-refractivity contribution in [2.24, 2.45) is 0 Å². The van der Waals surface area contributed by atoms with E-state index in [-0.39, 0.29) is 17.6 Å². The Morgan fingerprint density at radius 2 is 2.12 bits per heavy atom. The number of ether oxygens (including phenoxy) is 2. The largest absolute Gasteiger partial charge is 0.465 e. The number of hydrogen-bond acceptors (Lipinski definition) is 5. The summed E-state index contributed by atoms with van der Waals surface area (Å²) < 4.78 is 12.7. The number of aryl methyl sites for hydroxylation is 1. The molecule has 0 radical (unpaired) electrons. The lowest BCUT2D eigenvalue weighted by molar-refractivity contribution is -0.114. The molecule has 1 unspecified atom stereocenters. The molecule has 32 heavy (non-hydrogen) atoms. The van der Waals surface area contributed by atoms with E-state index in [1.54, 1.807) is 29.2 Å². The number of esters is 1. The third-order valence-electron chi connectivity index (χ3n) is 6.31. The molecule has 3 heterocycles. The number of amides is 1. The Hall–Kier alpha value is -3.37. The number of benzene rings is 1. The molecule has 7 nitrogen and oxygen atoms in total. The maximum Gasteiger partial charge on any atom is 0.337 e. The first kappa shape index (κ1) is 21.8. The normalized spacial score (nSPS) is 17.9. The second-order valence-electron chi connectivity index (χ2n) is 8.28. The van der Waals surface area contributed by atoms with Gasteiger partial charge in [0.15, 0.2) is 0 Å². The van der Waals surface area contributed by atoms with E-state index in [4.69, 9.17) is 9.47 Å².